The van der Waals surface area contributed by atoms with Gasteiger partial charge in [0.15, 0.2) is 0 Å². The van der Waals surface area contributed by atoms with Gasteiger partial charge in [-0.05, 0) is 37.0 Å². The molecule has 0 aliphatic carbocycles. The van der Waals surface area contributed by atoms with E-state index in [2.05, 4.69) is 31.3 Å². The van der Waals surface area contributed by atoms with E-state index < -0.39 is 0 Å². The van der Waals surface area contributed by atoms with Crippen LogP contribution < -0.4 is 5.32 Å². The highest BCUT2D eigenvalue weighted by Crippen LogP contribution is 2.34. The standard InChI is InChI=1S/C17H17NO/c1-11-8-12(2)16-14(9-11)10-15(17(19)18-16)13-6-4-3-5-7-13/h3-9,15H,10H2,1-2H3,(H,18,19). The average Bonchev–Trinajstić information content (AvgIpc) is 2.40. The topological polar surface area (TPSA) is 29.1 Å². The van der Waals surface area contributed by atoms with Gasteiger partial charge in [0, 0.05) is 5.69 Å². The maximum absolute atomic E-state index is 12.3. The van der Waals surface area contributed by atoms with Crippen LogP contribution in [0.15, 0.2) is 42.5 Å². The Hall–Kier alpha value is -2.09. The normalized spacial score (nSPS) is 17.8. The highest BCUT2D eigenvalue weighted by molar-refractivity contribution is 5.99. The predicted molar refractivity (Wildman–Crippen MR) is 77.4 cm³/mol. The minimum absolute atomic E-state index is 0.0742. The largest absolute Gasteiger partial charge is 0.325 e. The first-order chi connectivity index (χ1) is 9.15. The van der Waals surface area contributed by atoms with Crippen LogP contribution in [0, 0.1) is 13.8 Å². The quantitative estimate of drug-likeness (QED) is 0.824. The van der Waals surface area contributed by atoms with E-state index in [1.54, 1.807) is 0 Å². The Balaban J connectivity index is 2.03. The van der Waals surface area contributed by atoms with E-state index in [0.29, 0.717) is 0 Å². The molecule has 0 spiro atoms. The fourth-order valence-corrected chi connectivity index (χ4v) is 2.87. The van der Waals surface area contributed by atoms with Crippen molar-refractivity contribution in [1.29, 1.82) is 0 Å². The van der Waals surface area contributed by atoms with E-state index in [1.165, 1.54) is 11.1 Å². The van der Waals surface area contributed by atoms with E-state index in [0.717, 1.165) is 23.2 Å². The second-order valence-electron chi connectivity index (χ2n) is 5.27. The van der Waals surface area contributed by atoms with Crippen LogP contribution in [0.5, 0.6) is 0 Å². The summed E-state index contributed by atoms with van der Waals surface area (Å²) in [5, 5.41) is 3.07. The molecule has 1 amide bonds. The van der Waals surface area contributed by atoms with Crippen LogP contribution in [0.4, 0.5) is 5.69 Å². The lowest BCUT2D eigenvalue weighted by Gasteiger charge is -2.26. The van der Waals surface area contributed by atoms with Crippen LogP contribution in [0.3, 0.4) is 0 Å². The molecule has 1 heterocycles. The third kappa shape index (κ3) is 2.14. The van der Waals surface area contributed by atoms with Crippen molar-refractivity contribution in [3.63, 3.8) is 0 Å². The van der Waals surface area contributed by atoms with Gasteiger partial charge in [-0.25, -0.2) is 0 Å². The third-order valence-electron chi connectivity index (χ3n) is 3.75. The van der Waals surface area contributed by atoms with E-state index >= 15 is 0 Å². The number of hydrogen-bond acceptors (Lipinski definition) is 1. The number of rotatable bonds is 1. The second-order valence-corrected chi connectivity index (χ2v) is 5.27. The van der Waals surface area contributed by atoms with Crippen molar-refractivity contribution in [1.82, 2.24) is 0 Å². The monoisotopic (exact) mass is 251 g/mol. The summed E-state index contributed by atoms with van der Waals surface area (Å²) in [7, 11) is 0. The summed E-state index contributed by atoms with van der Waals surface area (Å²) < 4.78 is 0. The number of amides is 1. The molecule has 96 valence electrons. The minimum Gasteiger partial charge on any atom is -0.325 e. The summed E-state index contributed by atoms with van der Waals surface area (Å²) in [6.07, 6.45) is 0.785. The van der Waals surface area contributed by atoms with Crippen LogP contribution in [-0.4, -0.2) is 5.91 Å². The zero-order valence-electron chi connectivity index (χ0n) is 11.2. The molecule has 0 aromatic heterocycles. The van der Waals surface area contributed by atoms with Gasteiger partial charge in [-0.15, -0.1) is 0 Å². The molecule has 0 saturated carbocycles. The maximum Gasteiger partial charge on any atom is 0.232 e. The Labute approximate surface area is 113 Å². The fourth-order valence-electron chi connectivity index (χ4n) is 2.87. The molecule has 0 bridgehead atoms. The van der Waals surface area contributed by atoms with Gasteiger partial charge in [0.05, 0.1) is 5.92 Å². The number of nitrogens with one attached hydrogen (secondary N) is 1. The van der Waals surface area contributed by atoms with E-state index in [-0.39, 0.29) is 11.8 Å². The molecule has 2 aromatic rings. The first-order valence-corrected chi connectivity index (χ1v) is 6.61. The van der Waals surface area contributed by atoms with Crippen LogP contribution in [0.25, 0.3) is 0 Å². The molecule has 1 atom stereocenters. The Morgan fingerprint density at radius 3 is 2.58 bits per heavy atom. The molecule has 1 unspecified atom stereocenters. The molecule has 0 saturated heterocycles. The van der Waals surface area contributed by atoms with Gasteiger partial charge >= 0.3 is 0 Å². The summed E-state index contributed by atoms with van der Waals surface area (Å²) in [5.74, 6) is 0.0283. The molecule has 2 nitrogen and oxygen atoms in total. The number of fused-ring (bicyclic) bond motifs is 1. The van der Waals surface area contributed by atoms with Crippen LogP contribution >= 0.6 is 0 Å². The number of carbonyl (C=O) groups is 1. The molecule has 19 heavy (non-hydrogen) atoms. The summed E-state index contributed by atoms with van der Waals surface area (Å²) in [5.41, 5.74) is 5.73. The highest BCUT2D eigenvalue weighted by atomic mass is 16.1. The van der Waals surface area contributed by atoms with Gasteiger partial charge in [-0.1, -0.05) is 48.0 Å². The Morgan fingerprint density at radius 2 is 1.84 bits per heavy atom. The van der Waals surface area contributed by atoms with Gasteiger partial charge in [0.25, 0.3) is 0 Å². The molecule has 0 fully saturated rings. The van der Waals surface area contributed by atoms with E-state index in [9.17, 15) is 4.79 Å². The van der Waals surface area contributed by atoms with Gasteiger partial charge in [-0.3, -0.25) is 4.79 Å². The van der Waals surface area contributed by atoms with Crippen molar-refractivity contribution in [3.05, 3.63) is 64.7 Å². The molecular weight excluding hydrogens is 234 g/mol. The summed E-state index contributed by atoms with van der Waals surface area (Å²) in [6, 6.07) is 14.3. The van der Waals surface area contributed by atoms with Gasteiger partial charge in [-0.2, -0.15) is 0 Å². The first kappa shape index (κ1) is 12.0. The Bertz CT molecular complexity index is 631. The second kappa shape index (κ2) is 4.54. The zero-order chi connectivity index (χ0) is 13.4. The smallest absolute Gasteiger partial charge is 0.232 e. The highest BCUT2D eigenvalue weighted by Gasteiger charge is 2.28. The lowest BCUT2D eigenvalue weighted by Crippen LogP contribution is -2.28. The van der Waals surface area contributed by atoms with Crippen LogP contribution in [-0.2, 0) is 11.2 Å². The summed E-state index contributed by atoms with van der Waals surface area (Å²) in [4.78, 5) is 12.3. The van der Waals surface area contributed by atoms with Crippen molar-refractivity contribution >= 4 is 11.6 Å². The van der Waals surface area contributed by atoms with Crippen molar-refractivity contribution < 1.29 is 4.79 Å². The lowest BCUT2D eigenvalue weighted by molar-refractivity contribution is -0.117. The number of hydrogen-bond donors (Lipinski definition) is 1. The number of benzene rings is 2. The molecular formula is C17H17NO. The Kier molecular flexibility index (Phi) is 2.86. The van der Waals surface area contributed by atoms with E-state index in [1.807, 2.05) is 30.3 Å². The SMILES string of the molecule is Cc1cc(C)c2c(c1)CC(c1ccccc1)C(=O)N2. The molecule has 1 aliphatic heterocycles. The number of anilines is 1. The first-order valence-electron chi connectivity index (χ1n) is 6.61. The van der Waals surface area contributed by atoms with Crippen LogP contribution in [0.2, 0.25) is 0 Å². The predicted octanol–water partition coefficient (Wildman–Crippen LogP) is 3.58. The van der Waals surface area contributed by atoms with Gasteiger partial charge < -0.3 is 5.32 Å². The van der Waals surface area contributed by atoms with Crippen molar-refractivity contribution in [3.8, 4) is 0 Å². The third-order valence-corrected chi connectivity index (χ3v) is 3.75. The van der Waals surface area contributed by atoms with Crippen molar-refractivity contribution in [2.45, 2.75) is 26.2 Å². The van der Waals surface area contributed by atoms with Crippen LogP contribution in [0.1, 0.15) is 28.2 Å². The van der Waals surface area contributed by atoms with Gasteiger partial charge in [0.1, 0.15) is 0 Å². The van der Waals surface area contributed by atoms with Crippen molar-refractivity contribution in [2.24, 2.45) is 0 Å². The molecule has 3 rings (SSSR count). The fraction of sp³-hybridized carbons (Fsp3) is 0.235. The maximum atomic E-state index is 12.3. The van der Waals surface area contributed by atoms with Gasteiger partial charge in [0.2, 0.25) is 5.91 Å². The zero-order valence-corrected chi connectivity index (χ0v) is 11.2. The molecule has 0 radical (unpaired) electrons. The summed E-state index contributed by atoms with van der Waals surface area (Å²) in [6.45, 7) is 4.15. The Morgan fingerprint density at radius 1 is 1.11 bits per heavy atom. The van der Waals surface area contributed by atoms with E-state index in [4.69, 9.17) is 0 Å². The molecule has 1 aliphatic rings. The minimum atomic E-state index is -0.0742. The average molecular weight is 251 g/mol. The molecule has 1 N–H and O–H groups in total. The number of aryl methyl sites for hydroxylation is 2. The molecule has 2 heteroatoms. The number of carbonyl (C=O) groups excluding carboxylic acids is 1. The van der Waals surface area contributed by atoms with Crippen molar-refractivity contribution in [2.75, 3.05) is 5.32 Å². The lowest BCUT2D eigenvalue weighted by atomic mass is 9.86. The molecule has 2 aromatic carbocycles. The summed E-state index contributed by atoms with van der Waals surface area (Å²) >= 11 is 0.